The van der Waals surface area contributed by atoms with Crippen LogP contribution < -0.4 is 5.32 Å². The highest BCUT2D eigenvalue weighted by Gasteiger charge is 1.96. The number of rotatable bonds is 11. The molecule has 0 aliphatic rings. The smallest absolute Gasteiger partial charge is 0.0594 e. The Morgan fingerprint density at radius 3 is 2.47 bits per heavy atom. The lowest BCUT2D eigenvalue weighted by atomic mass is 10.3. The minimum absolute atomic E-state index is 0.382. The Hall–Kier alpha value is -0.120. The fraction of sp³-hybridized carbons (Fsp3) is 1.00. The van der Waals surface area contributed by atoms with E-state index in [1.807, 2.05) is 0 Å². The van der Waals surface area contributed by atoms with Gasteiger partial charge in [-0.3, -0.25) is 0 Å². The topological polar surface area (TPSA) is 30.5 Å². The second-order valence-corrected chi connectivity index (χ2v) is 3.81. The first kappa shape index (κ1) is 14.9. The SMILES string of the molecule is CCCCOCCNCCOC(C)CC. The van der Waals surface area contributed by atoms with Crippen molar-refractivity contribution in [2.45, 2.75) is 46.1 Å². The van der Waals surface area contributed by atoms with Crippen LogP contribution in [0.25, 0.3) is 0 Å². The lowest BCUT2D eigenvalue weighted by Gasteiger charge is -2.11. The lowest BCUT2D eigenvalue weighted by molar-refractivity contribution is 0.0638. The Kier molecular flexibility index (Phi) is 11.9. The Balaban J connectivity index is 2.92. The molecule has 3 heteroatoms. The molecule has 3 nitrogen and oxygen atoms in total. The van der Waals surface area contributed by atoms with Crippen molar-refractivity contribution in [2.24, 2.45) is 0 Å². The Morgan fingerprint density at radius 1 is 1.07 bits per heavy atom. The van der Waals surface area contributed by atoms with Crippen LogP contribution in [-0.4, -0.2) is 39.0 Å². The summed E-state index contributed by atoms with van der Waals surface area (Å²) in [5.74, 6) is 0. The molecule has 0 aliphatic carbocycles. The molecule has 0 aromatic heterocycles. The number of hydrogen-bond donors (Lipinski definition) is 1. The van der Waals surface area contributed by atoms with Gasteiger partial charge in [0.15, 0.2) is 0 Å². The summed E-state index contributed by atoms with van der Waals surface area (Å²) in [6.07, 6.45) is 3.83. The Morgan fingerprint density at radius 2 is 1.80 bits per heavy atom. The molecule has 0 fully saturated rings. The zero-order valence-electron chi connectivity index (χ0n) is 10.6. The van der Waals surface area contributed by atoms with Crippen LogP contribution in [-0.2, 0) is 9.47 Å². The molecule has 0 saturated carbocycles. The maximum atomic E-state index is 5.53. The van der Waals surface area contributed by atoms with E-state index < -0.39 is 0 Å². The third kappa shape index (κ3) is 11.8. The first-order valence-electron chi connectivity index (χ1n) is 6.21. The van der Waals surface area contributed by atoms with E-state index in [0.717, 1.165) is 45.8 Å². The van der Waals surface area contributed by atoms with Crippen LogP contribution in [0.1, 0.15) is 40.0 Å². The highest BCUT2D eigenvalue weighted by molar-refractivity contribution is 4.48. The summed E-state index contributed by atoms with van der Waals surface area (Å²) in [5.41, 5.74) is 0. The fourth-order valence-corrected chi connectivity index (χ4v) is 1.07. The largest absolute Gasteiger partial charge is 0.380 e. The van der Waals surface area contributed by atoms with Crippen LogP contribution in [0.15, 0.2) is 0 Å². The van der Waals surface area contributed by atoms with Gasteiger partial charge in [-0.25, -0.2) is 0 Å². The van der Waals surface area contributed by atoms with E-state index in [1.165, 1.54) is 6.42 Å². The maximum absolute atomic E-state index is 5.53. The highest BCUT2D eigenvalue weighted by Crippen LogP contribution is 1.93. The average molecular weight is 217 g/mol. The van der Waals surface area contributed by atoms with Gasteiger partial charge < -0.3 is 14.8 Å². The molecule has 0 radical (unpaired) electrons. The fourth-order valence-electron chi connectivity index (χ4n) is 1.07. The van der Waals surface area contributed by atoms with Crippen molar-refractivity contribution >= 4 is 0 Å². The molecule has 1 atom stereocenters. The summed E-state index contributed by atoms with van der Waals surface area (Å²) in [6, 6.07) is 0. The van der Waals surface area contributed by atoms with Crippen molar-refractivity contribution in [3.05, 3.63) is 0 Å². The first-order valence-corrected chi connectivity index (χ1v) is 6.21. The summed E-state index contributed by atoms with van der Waals surface area (Å²) < 4.78 is 11.0. The second kappa shape index (κ2) is 12.0. The number of nitrogens with one attached hydrogen (secondary N) is 1. The normalized spacial score (nSPS) is 13.0. The van der Waals surface area contributed by atoms with Crippen LogP contribution in [0.5, 0.6) is 0 Å². The third-order valence-corrected chi connectivity index (χ3v) is 2.32. The molecule has 0 spiro atoms. The maximum Gasteiger partial charge on any atom is 0.0594 e. The van der Waals surface area contributed by atoms with Crippen molar-refractivity contribution in [3.8, 4) is 0 Å². The van der Waals surface area contributed by atoms with Crippen LogP contribution in [0.3, 0.4) is 0 Å². The minimum atomic E-state index is 0.382. The number of ether oxygens (including phenoxy) is 2. The van der Waals surface area contributed by atoms with Gasteiger partial charge in [-0.15, -0.1) is 0 Å². The molecular formula is C12H27NO2. The molecule has 15 heavy (non-hydrogen) atoms. The van der Waals surface area contributed by atoms with Crippen LogP contribution in [0.2, 0.25) is 0 Å². The van der Waals surface area contributed by atoms with Gasteiger partial charge >= 0.3 is 0 Å². The number of unbranched alkanes of at least 4 members (excludes halogenated alkanes) is 1. The average Bonchev–Trinajstić information content (AvgIpc) is 2.26. The van der Waals surface area contributed by atoms with Crippen LogP contribution >= 0.6 is 0 Å². The zero-order chi connectivity index (χ0) is 11.4. The zero-order valence-corrected chi connectivity index (χ0v) is 10.6. The Labute approximate surface area is 94.5 Å². The minimum Gasteiger partial charge on any atom is -0.380 e. The van der Waals surface area contributed by atoms with Crippen LogP contribution in [0, 0.1) is 0 Å². The molecule has 0 heterocycles. The molecule has 0 aromatic rings. The van der Waals surface area contributed by atoms with Gasteiger partial charge in [-0.1, -0.05) is 20.3 Å². The molecule has 0 rings (SSSR count). The monoisotopic (exact) mass is 217 g/mol. The summed E-state index contributed by atoms with van der Waals surface area (Å²) in [5, 5.41) is 3.29. The van der Waals surface area contributed by atoms with Gasteiger partial charge in [0.1, 0.15) is 0 Å². The van der Waals surface area contributed by atoms with Crippen molar-refractivity contribution in [1.29, 1.82) is 0 Å². The molecule has 0 aromatic carbocycles. The molecule has 0 amide bonds. The van der Waals surface area contributed by atoms with E-state index >= 15 is 0 Å². The molecule has 92 valence electrons. The molecular weight excluding hydrogens is 190 g/mol. The van der Waals surface area contributed by atoms with Crippen molar-refractivity contribution < 1.29 is 9.47 Å². The summed E-state index contributed by atoms with van der Waals surface area (Å²) in [4.78, 5) is 0. The van der Waals surface area contributed by atoms with Gasteiger partial charge in [-0.2, -0.15) is 0 Å². The molecule has 1 N–H and O–H groups in total. The van der Waals surface area contributed by atoms with E-state index in [2.05, 4.69) is 26.1 Å². The van der Waals surface area contributed by atoms with Gasteiger partial charge in [0.05, 0.1) is 19.3 Å². The lowest BCUT2D eigenvalue weighted by Crippen LogP contribution is -2.25. The van der Waals surface area contributed by atoms with Gasteiger partial charge in [-0.05, 0) is 19.8 Å². The summed E-state index contributed by atoms with van der Waals surface area (Å²) >= 11 is 0. The van der Waals surface area contributed by atoms with Crippen molar-refractivity contribution in [3.63, 3.8) is 0 Å². The van der Waals surface area contributed by atoms with E-state index in [1.54, 1.807) is 0 Å². The standard InChI is InChI=1S/C12H27NO2/c1-4-6-9-14-10-7-13-8-11-15-12(3)5-2/h12-13H,4-11H2,1-3H3. The molecule has 0 aliphatic heterocycles. The van der Waals surface area contributed by atoms with E-state index in [9.17, 15) is 0 Å². The van der Waals surface area contributed by atoms with Gasteiger partial charge in [0.2, 0.25) is 0 Å². The van der Waals surface area contributed by atoms with E-state index in [-0.39, 0.29) is 0 Å². The van der Waals surface area contributed by atoms with E-state index in [4.69, 9.17) is 9.47 Å². The van der Waals surface area contributed by atoms with Gasteiger partial charge in [0, 0.05) is 19.7 Å². The third-order valence-electron chi connectivity index (χ3n) is 2.32. The van der Waals surface area contributed by atoms with Crippen molar-refractivity contribution in [2.75, 3.05) is 32.9 Å². The van der Waals surface area contributed by atoms with Crippen LogP contribution in [0.4, 0.5) is 0 Å². The summed E-state index contributed by atoms with van der Waals surface area (Å²) in [7, 11) is 0. The predicted molar refractivity (Wildman–Crippen MR) is 64.3 cm³/mol. The predicted octanol–water partition coefficient (Wildman–Crippen LogP) is 2.21. The number of hydrogen-bond acceptors (Lipinski definition) is 3. The second-order valence-electron chi connectivity index (χ2n) is 3.81. The highest BCUT2D eigenvalue weighted by atomic mass is 16.5. The first-order chi connectivity index (χ1) is 7.31. The Bertz CT molecular complexity index is 120. The van der Waals surface area contributed by atoms with E-state index in [0.29, 0.717) is 6.10 Å². The quantitative estimate of drug-likeness (QED) is 0.538. The molecule has 0 saturated heterocycles. The van der Waals surface area contributed by atoms with Crippen molar-refractivity contribution in [1.82, 2.24) is 5.32 Å². The molecule has 1 unspecified atom stereocenters. The molecule has 0 bridgehead atoms. The summed E-state index contributed by atoms with van der Waals surface area (Å²) in [6.45, 7) is 10.8. The van der Waals surface area contributed by atoms with Gasteiger partial charge in [0.25, 0.3) is 0 Å².